The van der Waals surface area contributed by atoms with Crippen molar-refractivity contribution in [3.63, 3.8) is 0 Å². The number of β-amino-alcohol motifs (C(OH)–C–C–N with tert-alkyl or cyclic N) is 1. The minimum atomic E-state index is -0.605. The summed E-state index contributed by atoms with van der Waals surface area (Å²) in [6.45, 7) is 8.15. The first kappa shape index (κ1) is 19.8. The normalized spacial score (nSPS) is 17.6. The molecule has 3 rings (SSSR count). The van der Waals surface area contributed by atoms with Crippen LogP contribution in [0.2, 0.25) is 0 Å². The molecular formula is C18H30N6O3. The van der Waals surface area contributed by atoms with Gasteiger partial charge in [-0.25, -0.2) is 9.78 Å². The molecule has 1 N–H and O–H groups in total. The van der Waals surface area contributed by atoms with Gasteiger partial charge in [0.2, 0.25) is 0 Å². The lowest BCUT2D eigenvalue weighted by Crippen LogP contribution is -2.49. The zero-order valence-electron chi connectivity index (χ0n) is 16.5. The van der Waals surface area contributed by atoms with Gasteiger partial charge in [-0.2, -0.15) is 0 Å². The van der Waals surface area contributed by atoms with E-state index in [1.807, 2.05) is 0 Å². The van der Waals surface area contributed by atoms with Crippen LogP contribution in [0, 0.1) is 0 Å². The molecule has 3 heterocycles. The summed E-state index contributed by atoms with van der Waals surface area (Å²) in [5.41, 5.74) is -0.0931. The Morgan fingerprint density at radius 2 is 1.74 bits per heavy atom. The van der Waals surface area contributed by atoms with Gasteiger partial charge in [-0.05, 0) is 13.0 Å². The number of unbranched alkanes of at least 4 members (excludes halogenated alkanes) is 1. The minimum Gasteiger partial charge on any atom is -0.390 e. The maximum absolute atomic E-state index is 12.5. The Bertz CT molecular complexity index is 891. The fourth-order valence-corrected chi connectivity index (χ4v) is 3.70. The molecule has 9 heteroatoms. The molecule has 1 unspecified atom stereocenters. The van der Waals surface area contributed by atoms with Crippen LogP contribution in [0.25, 0.3) is 11.2 Å². The van der Waals surface area contributed by atoms with E-state index in [1.54, 1.807) is 11.6 Å². The summed E-state index contributed by atoms with van der Waals surface area (Å²) in [7, 11) is 3.05. The topological polar surface area (TPSA) is 88.5 Å². The van der Waals surface area contributed by atoms with E-state index in [0.717, 1.165) is 37.3 Å². The third-order valence-electron chi connectivity index (χ3n) is 5.39. The SMILES string of the molecule is CCCCN1CCN(CC(O)Cn2cnc3c2c(=O)n(C)c(=O)n3C)CC1. The maximum Gasteiger partial charge on any atom is 0.332 e. The Hall–Kier alpha value is -1.97. The van der Waals surface area contributed by atoms with E-state index in [1.165, 1.54) is 30.8 Å². The van der Waals surface area contributed by atoms with Crippen LogP contribution < -0.4 is 11.2 Å². The highest BCUT2D eigenvalue weighted by Crippen LogP contribution is 2.09. The number of rotatable bonds is 7. The Balaban J connectivity index is 1.65. The number of piperazine rings is 1. The lowest BCUT2D eigenvalue weighted by molar-refractivity contribution is 0.0645. The molecule has 0 bridgehead atoms. The summed E-state index contributed by atoms with van der Waals surface area (Å²) in [5, 5.41) is 10.5. The maximum atomic E-state index is 12.5. The second-order valence-corrected chi connectivity index (χ2v) is 7.42. The fourth-order valence-electron chi connectivity index (χ4n) is 3.70. The first-order valence-electron chi connectivity index (χ1n) is 9.66. The van der Waals surface area contributed by atoms with Crippen LogP contribution in [0.4, 0.5) is 0 Å². The van der Waals surface area contributed by atoms with E-state index in [0.29, 0.717) is 17.7 Å². The van der Waals surface area contributed by atoms with Crippen molar-refractivity contribution in [2.24, 2.45) is 14.1 Å². The van der Waals surface area contributed by atoms with Gasteiger partial charge >= 0.3 is 5.69 Å². The molecule has 0 aliphatic carbocycles. The molecular weight excluding hydrogens is 348 g/mol. The van der Waals surface area contributed by atoms with Gasteiger partial charge in [-0.3, -0.25) is 18.8 Å². The van der Waals surface area contributed by atoms with Crippen LogP contribution in [0.3, 0.4) is 0 Å². The molecule has 150 valence electrons. The molecule has 0 spiro atoms. The van der Waals surface area contributed by atoms with Crippen molar-refractivity contribution >= 4 is 11.2 Å². The zero-order chi connectivity index (χ0) is 19.6. The molecule has 0 aromatic carbocycles. The van der Waals surface area contributed by atoms with Gasteiger partial charge < -0.3 is 14.6 Å². The van der Waals surface area contributed by atoms with E-state index < -0.39 is 11.8 Å². The van der Waals surface area contributed by atoms with Crippen LogP contribution in [-0.4, -0.2) is 79.0 Å². The van der Waals surface area contributed by atoms with Crippen molar-refractivity contribution in [3.05, 3.63) is 27.2 Å². The average Bonchev–Trinajstić information content (AvgIpc) is 3.07. The highest BCUT2D eigenvalue weighted by Gasteiger charge is 2.21. The molecule has 1 saturated heterocycles. The smallest absolute Gasteiger partial charge is 0.332 e. The van der Waals surface area contributed by atoms with E-state index in [-0.39, 0.29) is 12.1 Å². The predicted molar refractivity (Wildman–Crippen MR) is 104 cm³/mol. The Labute approximate surface area is 158 Å². The fraction of sp³-hybridized carbons (Fsp3) is 0.722. The Morgan fingerprint density at radius 1 is 1.07 bits per heavy atom. The average molecular weight is 378 g/mol. The monoisotopic (exact) mass is 378 g/mol. The Morgan fingerprint density at radius 3 is 2.41 bits per heavy atom. The first-order valence-corrected chi connectivity index (χ1v) is 9.66. The van der Waals surface area contributed by atoms with E-state index >= 15 is 0 Å². The minimum absolute atomic E-state index is 0.278. The van der Waals surface area contributed by atoms with E-state index in [4.69, 9.17) is 0 Å². The van der Waals surface area contributed by atoms with Crippen LogP contribution in [0.5, 0.6) is 0 Å². The molecule has 0 amide bonds. The van der Waals surface area contributed by atoms with Crippen molar-refractivity contribution in [1.82, 2.24) is 28.5 Å². The van der Waals surface area contributed by atoms with Crippen molar-refractivity contribution in [2.45, 2.75) is 32.4 Å². The number of aromatic nitrogens is 4. The molecule has 27 heavy (non-hydrogen) atoms. The van der Waals surface area contributed by atoms with Gasteiger partial charge in [0, 0.05) is 46.8 Å². The van der Waals surface area contributed by atoms with Crippen molar-refractivity contribution in [3.8, 4) is 0 Å². The number of hydrogen-bond donors (Lipinski definition) is 1. The van der Waals surface area contributed by atoms with Gasteiger partial charge in [-0.1, -0.05) is 13.3 Å². The van der Waals surface area contributed by atoms with Gasteiger partial charge in [0.1, 0.15) is 0 Å². The number of imidazole rings is 1. The van der Waals surface area contributed by atoms with Crippen molar-refractivity contribution in [2.75, 3.05) is 39.3 Å². The third kappa shape index (κ3) is 4.15. The Kier molecular flexibility index (Phi) is 6.13. The molecule has 1 fully saturated rings. The van der Waals surface area contributed by atoms with Gasteiger partial charge in [-0.15, -0.1) is 0 Å². The van der Waals surface area contributed by atoms with Crippen LogP contribution in [0.1, 0.15) is 19.8 Å². The molecule has 0 saturated carbocycles. The largest absolute Gasteiger partial charge is 0.390 e. The van der Waals surface area contributed by atoms with Gasteiger partial charge in [0.15, 0.2) is 11.2 Å². The standard InChI is InChI=1S/C18H30N6O3/c1-4-5-6-22-7-9-23(10-8-22)11-14(25)12-24-13-19-16-15(24)17(26)21(3)18(27)20(16)2/h13-14,25H,4-12H2,1-3H3. The lowest BCUT2D eigenvalue weighted by Gasteiger charge is -2.35. The molecule has 2 aromatic rings. The highest BCUT2D eigenvalue weighted by molar-refractivity contribution is 5.69. The summed E-state index contributed by atoms with van der Waals surface area (Å²) < 4.78 is 4.08. The molecule has 9 nitrogen and oxygen atoms in total. The van der Waals surface area contributed by atoms with E-state index in [9.17, 15) is 14.7 Å². The number of fused-ring (bicyclic) bond motifs is 1. The quantitative estimate of drug-likeness (QED) is 0.680. The molecule has 0 radical (unpaired) electrons. The van der Waals surface area contributed by atoms with Gasteiger partial charge in [0.25, 0.3) is 5.56 Å². The predicted octanol–water partition coefficient (Wildman–Crippen LogP) is -0.788. The third-order valence-corrected chi connectivity index (χ3v) is 5.39. The summed E-state index contributed by atoms with van der Waals surface area (Å²) in [6.07, 6.45) is 3.36. The summed E-state index contributed by atoms with van der Waals surface area (Å²) in [6, 6.07) is 0. The van der Waals surface area contributed by atoms with Crippen LogP contribution >= 0.6 is 0 Å². The van der Waals surface area contributed by atoms with E-state index in [2.05, 4.69) is 21.7 Å². The lowest BCUT2D eigenvalue weighted by atomic mass is 10.2. The summed E-state index contributed by atoms with van der Waals surface area (Å²) >= 11 is 0. The summed E-state index contributed by atoms with van der Waals surface area (Å²) in [4.78, 5) is 33.4. The molecule has 1 aliphatic rings. The van der Waals surface area contributed by atoms with Crippen molar-refractivity contribution < 1.29 is 5.11 Å². The molecule has 1 atom stereocenters. The molecule has 2 aromatic heterocycles. The van der Waals surface area contributed by atoms with Crippen LogP contribution in [-0.2, 0) is 20.6 Å². The summed E-state index contributed by atoms with van der Waals surface area (Å²) in [5.74, 6) is 0. The zero-order valence-corrected chi connectivity index (χ0v) is 16.5. The van der Waals surface area contributed by atoms with Crippen molar-refractivity contribution in [1.29, 1.82) is 0 Å². The molecule has 1 aliphatic heterocycles. The number of aliphatic hydroxyl groups excluding tert-OH is 1. The second-order valence-electron chi connectivity index (χ2n) is 7.42. The number of aliphatic hydroxyl groups is 1. The number of nitrogens with zero attached hydrogens (tertiary/aromatic N) is 6. The first-order chi connectivity index (χ1) is 12.9. The number of aryl methyl sites for hydroxylation is 1. The second kappa shape index (κ2) is 8.37. The highest BCUT2D eigenvalue weighted by atomic mass is 16.3. The van der Waals surface area contributed by atoms with Crippen LogP contribution in [0.15, 0.2) is 15.9 Å². The number of hydrogen-bond acceptors (Lipinski definition) is 6. The van der Waals surface area contributed by atoms with Gasteiger partial charge in [0.05, 0.1) is 19.0 Å².